The molecule has 0 atom stereocenters. The third-order valence-corrected chi connectivity index (χ3v) is 4.83. The molecule has 2 aromatic rings. The summed E-state index contributed by atoms with van der Waals surface area (Å²) in [6.45, 7) is 3.01. The molecule has 0 bridgehead atoms. The average Bonchev–Trinajstić information content (AvgIpc) is 3.14. The van der Waals surface area contributed by atoms with Crippen LogP contribution in [0.2, 0.25) is 0 Å². The number of hydrogen-bond acceptors (Lipinski definition) is 6. The third-order valence-electron chi connectivity index (χ3n) is 3.95. The Bertz CT molecular complexity index is 778. The Hall–Kier alpha value is -2.58. The van der Waals surface area contributed by atoms with Crippen LogP contribution in [0.25, 0.3) is 0 Å². The van der Waals surface area contributed by atoms with Crippen molar-refractivity contribution in [1.29, 1.82) is 0 Å². The summed E-state index contributed by atoms with van der Waals surface area (Å²) < 4.78 is 10.6. The number of likely N-dealkylation sites (N-methyl/N-ethyl adjacent to an activating group) is 1. The molecule has 2 rings (SSSR count). The van der Waals surface area contributed by atoms with Crippen molar-refractivity contribution in [2.75, 3.05) is 27.8 Å². The number of nitrogens with one attached hydrogen (secondary N) is 2. The van der Waals surface area contributed by atoms with Crippen molar-refractivity contribution < 1.29 is 19.1 Å². The quantitative estimate of drug-likeness (QED) is 0.723. The highest BCUT2D eigenvalue weighted by atomic mass is 32.1. The normalized spacial score (nSPS) is 10.6. The number of carbonyl (C=O) groups is 2. The van der Waals surface area contributed by atoms with Crippen molar-refractivity contribution in [3.63, 3.8) is 0 Å². The van der Waals surface area contributed by atoms with Crippen molar-refractivity contribution in [2.24, 2.45) is 0 Å². The molecule has 146 valence electrons. The zero-order valence-electron chi connectivity index (χ0n) is 16.0. The van der Waals surface area contributed by atoms with Gasteiger partial charge in [-0.2, -0.15) is 0 Å². The molecule has 1 aromatic carbocycles. The molecule has 0 aliphatic carbocycles. The van der Waals surface area contributed by atoms with Crippen LogP contribution in [0, 0.1) is 6.92 Å². The maximum Gasteiger partial charge on any atom is 0.321 e. The van der Waals surface area contributed by atoms with Gasteiger partial charge in [-0.1, -0.05) is 6.07 Å². The molecule has 0 aliphatic rings. The molecule has 0 unspecified atom stereocenters. The predicted molar refractivity (Wildman–Crippen MR) is 105 cm³/mol. The van der Waals surface area contributed by atoms with Crippen LogP contribution in [0.3, 0.4) is 0 Å². The number of imide groups is 1. The second-order valence-corrected chi connectivity index (χ2v) is 7.15. The van der Waals surface area contributed by atoms with E-state index < -0.39 is 6.03 Å². The smallest absolute Gasteiger partial charge is 0.321 e. The van der Waals surface area contributed by atoms with Crippen molar-refractivity contribution in [1.82, 2.24) is 15.5 Å². The van der Waals surface area contributed by atoms with E-state index in [0.717, 1.165) is 16.0 Å². The Kier molecular flexibility index (Phi) is 7.63. The van der Waals surface area contributed by atoms with E-state index in [-0.39, 0.29) is 12.5 Å². The summed E-state index contributed by atoms with van der Waals surface area (Å²) in [7, 11) is 5.00. The predicted octanol–water partition coefficient (Wildman–Crippen LogP) is 2.53. The standard InChI is InChI=1S/C19H25N3O4S/c1-13-8-16(25-3)17(26-4)9-14(13)11-22(2)12-18(23)21-19(24)20-10-15-6-5-7-27-15/h5-9H,10-12H2,1-4H3,(H2,20,21,23,24). The summed E-state index contributed by atoms with van der Waals surface area (Å²) in [5.74, 6) is 0.949. The molecule has 1 heterocycles. The minimum absolute atomic E-state index is 0.0974. The van der Waals surface area contributed by atoms with Crippen LogP contribution in [0.4, 0.5) is 4.79 Å². The fraction of sp³-hybridized carbons (Fsp3) is 0.368. The van der Waals surface area contributed by atoms with Crippen molar-refractivity contribution in [3.8, 4) is 11.5 Å². The number of nitrogens with zero attached hydrogens (tertiary/aromatic N) is 1. The second-order valence-electron chi connectivity index (χ2n) is 6.12. The number of carbonyl (C=O) groups excluding carboxylic acids is 2. The number of benzene rings is 1. The molecule has 7 nitrogen and oxygen atoms in total. The molecule has 3 amide bonds. The van der Waals surface area contributed by atoms with Gasteiger partial charge in [0, 0.05) is 11.4 Å². The van der Waals surface area contributed by atoms with Gasteiger partial charge in [0.2, 0.25) is 5.91 Å². The monoisotopic (exact) mass is 391 g/mol. The lowest BCUT2D eigenvalue weighted by Crippen LogP contribution is -2.43. The van der Waals surface area contributed by atoms with Crippen LogP contribution in [-0.2, 0) is 17.9 Å². The topological polar surface area (TPSA) is 79.9 Å². The fourth-order valence-electron chi connectivity index (χ4n) is 2.58. The van der Waals surface area contributed by atoms with Crippen LogP contribution in [0.1, 0.15) is 16.0 Å². The Morgan fingerprint density at radius 1 is 1.19 bits per heavy atom. The second kappa shape index (κ2) is 9.94. The zero-order valence-corrected chi connectivity index (χ0v) is 16.8. The summed E-state index contributed by atoms with van der Waals surface area (Å²) in [5.41, 5.74) is 2.05. The summed E-state index contributed by atoms with van der Waals surface area (Å²) >= 11 is 1.55. The molecule has 0 fully saturated rings. The Labute approximate surface area is 163 Å². The molecule has 0 saturated heterocycles. The van der Waals surface area contributed by atoms with E-state index in [2.05, 4.69) is 10.6 Å². The van der Waals surface area contributed by atoms with E-state index in [0.29, 0.717) is 24.6 Å². The molecule has 1 aromatic heterocycles. The van der Waals surface area contributed by atoms with Crippen LogP contribution in [0.15, 0.2) is 29.6 Å². The van der Waals surface area contributed by atoms with E-state index >= 15 is 0 Å². The van der Waals surface area contributed by atoms with Crippen LogP contribution >= 0.6 is 11.3 Å². The van der Waals surface area contributed by atoms with Crippen LogP contribution in [0.5, 0.6) is 11.5 Å². The lowest BCUT2D eigenvalue weighted by molar-refractivity contribution is -0.120. The lowest BCUT2D eigenvalue weighted by atomic mass is 10.1. The SMILES string of the molecule is COc1cc(C)c(CN(C)CC(=O)NC(=O)NCc2cccs2)cc1OC. The Morgan fingerprint density at radius 3 is 2.52 bits per heavy atom. The zero-order chi connectivity index (χ0) is 19.8. The molecule has 27 heavy (non-hydrogen) atoms. The Morgan fingerprint density at radius 2 is 1.89 bits per heavy atom. The Balaban J connectivity index is 1.84. The van der Waals surface area contributed by atoms with Gasteiger partial charge in [-0.25, -0.2) is 4.79 Å². The number of amides is 3. The van der Waals surface area contributed by atoms with Crippen LogP contribution < -0.4 is 20.1 Å². The third kappa shape index (κ3) is 6.26. The van der Waals surface area contributed by atoms with Crippen molar-refractivity contribution >= 4 is 23.3 Å². The molecule has 0 spiro atoms. The van der Waals surface area contributed by atoms with E-state index in [1.807, 2.05) is 48.5 Å². The first-order chi connectivity index (χ1) is 12.9. The van der Waals surface area contributed by atoms with Gasteiger partial charge in [0.1, 0.15) is 0 Å². The van der Waals surface area contributed by atoms with E-state index in [9.17, 15) is 9.59 Å². The number of aryl methyl sites for hydroxylation is 1. The van der Waals surface area contributed by atoms with Crippen molar-refractivity contribution in [2.45, 2.75) is 20.0 Å². The molecular formula is C19H25N3O4S. The largest absolute Gasteiger partial charge is 0.493 e. The van der Waals surface area contributed by atoms with Gasteiger partial charge in [0.15, 0.2) is 11.5 Å². The molecule has 0 radical (unpaired) electrons. The fourth-order valence-corrected chi connectivity index (χ4v) is 3.22. The van der Waals surface area contributed by atoms with E-state index in [1.54, 1.807) is 25.6 Å². The number of ether oxygens (including phenoxy) is 2. The van der Waals surface area contributed by atoms with Gasteiger partial charge >= 0.3 is 6.03 Å². The van der Waals surface area contributed by atoms with Crippen LogP contribution in [-0.4, -0.2) is 44.7 Å². The van der Waals surface area contributed by atoms with Gasteiger partial charge in [-0.15, -0.1) is 11.3 Å². The van der Waals surface area contributed by atoms with E-state index in [1.165, 1.54) is 0 Å². The van der Waals surface area contributed by atoms with Crippen molar-refractivity contribution in [3.05, 3.63) is 45.6 Å². The molecule has 0 aliphatic heterocycles. The first kappa shape index (κ1) is 20.7. The summed E-state index contributed by atoms with van der Waals surface area (Å²) in [5, 5.41) is 6.95. The number of hydrogen-bond donors (Lipinski definition) is 2. The number of methoxy groups -OCH3 is 2. The lowest BCUT2D eigenvalue weighted by Gasteiger charge is -2.19. The summed E-state index contributed by atoms with van der Waals surface area (Å²) in [6.07, 6.45) is 0. The average molecular weight is 391 g/mol. The van der Waals surface area contributed by atoms with Gasteiger partial charge in [-0.05, 0) is 48.7 Å². The van der Waals surface area contributed by atoms with Gasteiger partial charge < -0.3 is 14.8 Å². The first-order valence-corrected chi connectivity index (χ1v) is 9.31. The number of thiophene rings is 1. The molecule has 8 heteroatoms. The maximum atomic E-state index is 12.1. The summed E-state index contributed by atoms with van der Waals surface area (Å²) in [6, 6.07) is 7.14. The highest BCUT2D eigenvalue weighted by Crippen LogP contribution is 2.30. The highest BCUT2D eigenvalue weighted by molar-refractivity contribution is 7.09. The molecular weight excluding hydrogens is 366 g/mol. The maximum absolute atomic E-state index is 12.1. The van der Waals surface area contributed by atoms with E-state index in [4.69, 9.17) is 9.47 Å². The highest BCUT2D eigenvalue weighted by Gasteiger charge is 2.14. The number of urea groups is 1. The minimum Gasteiger partial charge on any atom is -0.493 e. The van der Waals surface area contributed by atoms with Gasteiger partial charge in [0.05, 0.1) is 27.3 Å². The molecule has 0 saturated carbocycles. The van der Waals surface area contributed by atoms with Gasteiger partial charge in [-0.3, -0.25) is 15.0 Å². The van der Waals surface area contributed by atoms with Gasteiger partial charge in [0.25, 0.3) is 0 Å². The number of rotatable bonds is 8. The summed E-state index contributed by atoms with van der Waals surface area (Å²) in [4.78, 5) is 26.7. The first-order valence-electron chi connectivity index (χ1n) is 8.43. The minimum atomic E-state index is -0.496. The molecule has 2 N–H and O–H groups in total.